The number of hydrogen-bond acceptors (Lipinski definition) is 4. The van der Waals surface area contributed by atoms with Gasteiger partial charge >= 0.3 is 0 Å². The van der Waals surface area contributed by atoms with Crippen molar-refractivity contribution in [3.05, 3.63) is 40.6 Å². The number of carbonyl (C=O) groups excluding carboxylic acids is 2. The van der Waals surface area contributed by atoms with Gasteiger partial charge in [-0.15, -0.1) is 11.3 Å². The van der Waals surface area contributed by atoms with Crippen LogP contribution in [0.1, 0.15) is 36.5 Å². The van der Waals surface area contributed by atoms with Gasteiger partial charge in [0.25, 0.3) is 0 Å². The minimum atomic E-state index is -0.264. The number of carbonyl (C=O) groups is 2. The first-order valence-electron chi connectivity index (χ1n) is 7.71. The molecule has 3 heterocycles. The quantitative estimate of drug-likeness (QED) is 0.874. The fourth-order valence-corrected chi connectivity index (χ4v) is 3.69. The molecule has 2 aromatic heterocycles. The van der Waals surface area contributed by atoms with Crippen LogP contribution in [0.25, 0.3) is 0 Å². The predicted molar refractivity (Wildman–Crippen MR) is 88.0 cm³/mol. The average molecular weight is 332 g/mol. The van der Waals surface area contributed by atoms with Crippen LogP contribution in [0.2, 0.25) is 0 Å². The van der Waals surface area contributed by atoms with Gasteiger partial charge in [0.05, 0.1) is 12.5 Å². The first kappa shape index (κ1) is 15.7. The topological polar surface area (TPSA) is 76.0 Å². The maximum atomic E-state index is 12.4. The second-order valence-electron chi connectivity index (χ2n) is 5.77. The highest BCUT2D eigenvalue weighted by Crippen LogP contribution is 2.22. The monoisotopic (exact) mass is 332 g/mol. The Balaban J connectivity index is 1.58. The summed E-state index contributed by atoms with van der Waals surface area (Å²) in [5, 5.41) is 7.89. The maximum absolute atomic E-state index is 12.4. The molecule has 0 unspecified atom stereocenters. The molecule has 2 aromatic rings. The summed E-state index contributed by atoms with van der Waals surface area (Å²) in [6.07, 6.45) is 5.76. The van der Waals surface area contributed by atoms with Crippen molar-refractivity contribution in [1.29, 1.82) is 0 Å². The Labute approximate surface area is 138 Å². The van der Waals surface area contributed by atoms with Gasteiger partial charge in [0.2, 0.25) is 11.8 Å². The zero-order valence-corrected chi connectivity index (χ0v) is 13.8. The number of aromatic nitrogens is 2. The Morgan fingerprint density at radius 3 is 3.13 bits per heavy atom. The molecule has 0 spiro atoms. The van der Waals surface area contributed by atoms with Crippen molar-refractivity contribution in [2.24, 2.45) is 0 Å². The Bertz CT molecular complexity index is 680. The fraction of sp³-hybridized carbons (Fsp3) is 0.438. The van der Waals surface area contributed by atoms with Crippen molar-refractivity contribution in [3.8, 4) is 0 Å². The Morgan fingerprint density at radius 1 is 1.52 bits per heavy atom. The van der Waals surface area contributed by atoms with Crippen LogP contribution >= 0.6 is 11.3 Å². The van der Waals surface area contributed by atoms with Crippen LogP contribution in [0.4, 0.5) is 0 Å². The Morgan fingerprint density at radius 2 is 2.39 bits per heavy atom. The van der Waals surface area contributed by atoms with Crippen molar-refractivity contribution in [1.82, 2.24) is 20.2 Å². The molecule has 0 fully saturated rings. The van der Waals surface area contributed by atoms with Crippen LogP contribution in [-0.4, -0.2) is 27.4 Å². The number of rotatable bonds is 5. The standard InChI is InChI=1S/C16H20N4O2S/c1-11(21)18-13(14-3-2-8-23-14)9-16(22)19-12-4-5-15-17-6-7-20(15)10-12/h2-3,6-8,12-13H,4-5,9-10H2,1H3,(H,18,21)(H,19,22)/t12-,13-/m1/s1. The van der Waals surface area contributed by atoms with E-state index in [-0.39, 0.29) is 30.3 Å². The van der Waals surface area contributed by atoms with Crippen molar-refractivity contribution in [2.75, 3.05) is 0 Å². The van der Waals surface area contributed by atoms with E-state index in [4.69, 9.17) is 0 Å². The first-order valence-corrected chi connectivity index (χ1v) is 8.59. The van der Waals surface area contributed by atoms with E-state index in [0.29, 0.717) is 0 Å². The van der Waals surface area contributed by atoms with Crippen molar-refractivity contribution in [2.45, 2.75) is 44.8 Å². The van der Waals surface area contributed by atoms with Crippen LogP contribution < -0.4 is 10.6 Å². The summed E-state index contributed by atoms with van der Waals surface area (Å²) in [5.74, 6) is 0.910. The van der Waals surface area contributed by atoms with Gasteiger partial charge in [-0.3, -0.25) is 9.59 Å². The third-order valence-electron chi connectivity index (χ3n) is 3.95. The van der Waals surface area contributed by atoms with E-state index >= 15 is 0 Å². The summed E-state index contributed by atoms with van der Waals surface area (Å²) >= 11 is 1.55. The minimum absolute atomic E-state index is 0.0364. The van der Waals surface area contributed by atoms with Crippen LogP contribution in [-0.2, 0) is 22.6 Å². The normalized spacial score (nSPS) is 18.0. The largest absolute Gasteiger partial charge is 0.351 e. The molecule has 2 amide bonds. The van der Waals surface area contributed by atoms with Crippen molar-refractivity contribution >= 4 is 23.2 Å². The molecule has 7 heteroatoms. The number of aryl methyl sites for hydroxylation is 1. The molecular weight excluding hydrogens is 312 g/mol. The molecule has 0 radical (unpaired) electrons. The van der Waals surface area contributed by atoms with Gasteiger partial charge in [0.15, 0.2) is 0 Å². The zero-order valence-electron chi connectivity index (χ0n) is 13.0. The number of nitrogens with one attached hydrogen (secondary N) is 2. The van der Waals surface area contributed by atoms with Crippen LogP contribution in [0.5, 0.6) is 0 Å². The molecule has 1 aliphatic rings. The van der Waals surface area contributed by atoms with E-state index in [9.17, 15) is 9.59 Å². The fourth-order valence-electron chi connectivity index (χ4n) is 2.91. The first-order chi connectivity index (χ1) is 11.1. The molecular formula is C16H20N4O2S. The van der Waals surface area contributed by atoms with Crippen LogP contribution in [0.3, 0.4) is 0 Å². The third kappa shape index (κ3) is 3.98. The Hall–Kier alpha value is -2.15. The van der Waals surface area contributed by atoms with Gasteiger partial charge in [-0.05, 0) is 17.9 Å². The molecule has 0 aromatic carbocycles. The highest BCUT2D eigenvalue weighted by molar-refractivity contribution is 7.10. The van der Waals surface area contributed by atoms with Gasteiger partial charge < -0.3 is 15.2 Å². The summed E-state index contributed by atoms with van der Waals surface area (Å²) in [4.78, 5) is 29.0. The Kier molecular flexibility index (Phi) is 4.76. The van der Waals surface area contributed by atoms with Crippen LogP contribution in [0.15, 0.2) is 29.9 Å². The molecule has 122 valence electrons. The van der Waals surface area contributed by atoms with E-state index in [1.807, 2.05) is 23.7 Å². The number of nitrogens with zero attached hydrogens (tertiary/aromatic N) is 2. The van der Waals surface area contributed by atoms with Crippen molar-refractivity contribution < 1.29 is 9.59 Å². The highest BCUT2D eigenvalue weighted by atomic mass is 32.1. The lowest BCUT2D eigenvalue weighted by atomic mass is 10.1. The average Bonchev–Trinajstić information content (AvgIpc) is 3.17. The van der Waals surface area contributed by atoms with Gasteiger partial charge in [-0.1, -0.05) is 6.07 Å². The molecule has 23 heavy (non-hydrogen) atoms. The lowest BCUT2D eigenvalue weighted by molar-refractivity contribution is -0.123. The van der Waals surface area contributed by atoms with E-state index < -0.39 is 0 Å². The molecule has 2 atom stereocenters. The van der Waals surface area contributed by atoms with Crippen molar-refractivity contribution in [3.63, 3.8) is 0 Å². The summed E-state index contributed by atoms with van der Waals surface area (Å²) in [6.45, 7) is 2.23. The number of hydrogen-bond donors (Lipinski definition) is 2. The highest BCUT2D eigenvalue weighted by Gasteiger charge is 2.23. The molecule has 0 saturated carbocycles. The number of imidazole rings is 1. The number of fused-ring (bicyclic) bond motifs is 1. The van der Waals surface area contributed by atoms with Gasteiger partial charge in [0.1, 0.15) is 5.82 Å². The smallest absolute Gasteiger partial charge is 0.222 e. The predicted octanol–water partition coefficient (Wildman–Crippen LogP) is 1.64. The second-order valence-corrected chi connectivity index (χ2v) is 6.75. The minimum Gasteiger partial charge on any atom is -0.351 e. The van der Waals surface area contributed by atoms with Gasteiger partial charge in [0, 0.05) is 43.2 Å². The SMILES string of the molecule is CC(=O)N[C@H](CC(=O)N[C@@H]1CCc2nccn2C1)c1cccs1. The lowest BCUT2D eigenvalue weighted by Crippen LogP contribution is -2.42. The van der Waals surface area contributed by atoms with E-state index in [1.54, 1.807) is 17.5 Å². The summed E-state index contributed by atoms with van der Waals surface area (Å²) in [7, 11) is 0. The number of amides is 2. The summed E-state index contributed by atoms with van der Waals surface area (Å²) < 4.78 is 2.08. The van der Waals surface area contributed by atoms with E-state index in [2.05, 4.69) is 20.2 Å². The van der Waals surface area contributed by atoms with Crippen LogP contribution in [0, 0.1) is 0 Å². The lowest BCUT2D eigenvalue weighted by Gasteiger charge is -2.25. The van der Waals surface area contributed by atoms with E-state index in [0.717, 1.165) is 30.1 Å². The van der Waals surface area contributed by atoms with E-state index in [1.165, 1.54) is 6.92 Å². The zero-order chi connectivity index (χ0) is 16.2. The number of thiophene rings is 1. The molecule has 3 rings (SSSR count). The second kappa shape index (κ2) is 6.95. The summed E-state index contributed by atoms with van der Waals surface area (Å²) in [5.41, 5.74) is 0. The molecule has 0 bridgehead atoms. The molecule has 1 aliphatic heterocycles. The van der Waals surface area contributed by atoms with Gasteiger partial charge in [-0.25, -0.2) is 4.98 Å². The molecule has 0 saturated heterocycles. The van der Waals surface area contributed by atoms with Gasteiger partial charge in [-0.2, -0.15) is 0 Å². The molecule has 2 N–H and O–H groups in total. The molecule has 0 aliphatic carbocycles. The molecule has 6 nitrogen and oxygen atoms in total. The third-order valence-corrected chi connectivity index (χ3v) is 4.94. The summed E-state index contributed by atoms with van der Waals surface area (Å²) in [6, 6.07) is 3.72. The maximum Gasteiger partial charge on any atom is 0.222 e.